The minimum absolute atomic E-state index is 0.0920. The van der Waals surface area contributed by atoms with E-state index in [2.05, 4.69) is 39.3 Å². The molecule has 1 unspecified atom stereocenters. The summed E-state index contributed by atoms with van der Waals surface area (Å²) in [6.07, 6.45) is 1.79. The van der Waals surface area contributed by atoms with Crippen molar-refractivity contribution in [2.45, 2.75) is 32.5 Å². The van der Waals surface area contributed by atoms with Crippen molar-refractivity contribution in [1.82, 2.24) is 19.9 Å². The van der Waals surface area contributed by atoms with E-state index in [4.69, 9.17) is 4.52 Å². The molecule has 2 heterocycles. The first-order valence-electron chi connectivity index (χ1n) is 12.3. The zero-order chi connectivity index (χ0) is 24.7. The molecule has 1 aliphatic rings. The summed E-state index contributed by atoms with van der Waals surface area (Å²) in [6, 6.07) is 26.3. The van der Waals surface area contributed by atoms with Gasteiger partial charge in [0.25, 0.3) is 0 Å². The molecule has 1 aromatic heterocycles. The maximum absolute atomic E-state index is 13.7. The Bertz CT molecular complexity index is 1220. The number of carbonyl (C=O) groups excluding carboxylic acids is 1. The van der Waals surface area contributed by atoms with Crippen LogP contribution in [0.15, 0.2) is 89.5 Å². The Morgan fingerprint density at radius 3 is 2.22 bits per heavy atom. The van der Waals surface area contributed by atoms with Crippen LogP contribution in [0.2, 0.25) is 0 Å². The summed E-state index contributed by atoms with van der Waals surface area (Å²) in [6.45, 7) is 3.16. The van der Waals surface area contributed by atoms with Gasteiger partial charge in [-0.15, -0.1) is 0 Å². The summed E-state index contributed by atoms with van der Waals surface area (Å²) in [7, 11) is 0. The number of benzene rings is 3. The van der Waals surface area contributed by atoms with E-state index in [9.17, 15) is 9.18 Å². The van der Waals surface area contributed by atoms with E-state index in [1.54, 1.807) is 12.1 Å². The van der Waals surface area contributed by atoms with Crippen LogP contribution in [-0.4, -0.2) is 38.9 Å². The van der Waals surface area contributed by atoms with Gasteiger partial charge in [0.2, 0.25) is 17.6 Å². The maximum atomic E-state index is 13.7. The van der Waals surface area contributed by atoms with Crippen LogP contribution in [0.5, 0.6) is 0 Å². The molecular formula is C29H29FN4O2. The van der Waals surface area contributed by atoms with Crippen LogP contribution in [0, 0.1) is 11.7 Å². The van der Waals surface area contributed by atoms with Gasteiger partial charge >= 0.3 is 0 Å². The summed E-state index contributed by atoms with van der Waals surface area (Å²) in [5, 5.41) is 4.05. The summed E-state index contributed by atoms with van der Waals surface area (Å²) in [4.78, 5) is 22.4. The van der Waals surface area contributed by atoms with Gasteiger partial charge in [-0.25, -0.2) is 4.39 Å². The first-order chi connectivity index (χ1) is 17.6. The number of hydrogen-bond acceptors (Lipinski definition) is 5. The molecule has 1 aliphatic heterocycles. The lowest BCUT2D eigenvalue weighted by atomic mass is 9.96. The number of halogens is 1. The highest BCUT2D eigenvalue weighted by molar-refractivity contribution is 5.79. The van der Waals surface area contributed by atoms with Crippen LogP contribution in [-0.2, 0) is 24.4 Å². The molecule has 6 nitrogen and oxygen atoms in total. The van der Waals surface area contributed by atoms with Crippen LogP contribution in [0.1, 0.15) is 29.9 Å². The smallest absolute Gasteiger partial charge is 0.241 e. The van der Waals surface area contributed by atoms with Crippen molar-refractivity contribution < 1.29 is 13.7 Å². The lowest BCUT2D eigenvalue weighted by Gasteiger charge is -2.34. The zero-order valence-electron chi connectivity index (χ0n) is 20.1. The third-order valence-corrected chi connectivity index (χ3v) is 6.53. The third kappa shape index (κ3) is 6.04. The predicted octanol–water partition coefficient (Wildman–Crippen LogP) is 5.32. The molecular weight excluding hydrogens is 455 g/mol. The number of rotatable bonds is 8. The van der Waals surface area contributed by atoms with E-state index in [-0.39, 0.29) is 17.6 Å². The molecule has 0 aliphatic carbocycles. The highest BCUT2D eigenvalue weighted by Crippen LogP contribution is 2.24. The van der Waals surface area contributed by atoms with E-state index < -0.39 is 0 Å². The molecule has 1 saturated heterocycles. The molecule has 0 radical (unpaired) electrons. The largest absolute Gasteiger partial charge is 0.338 e. The van der Waals surface area contributed by atoms with Crippen molar-refractivity contribution in [2.24, 2.45) is 5.92 Å². The van der Waals surface area contributed by atoms with Gasteiger partial charge in [-0.1, -0.05) is 65.8 Å². The van der Waals surface area contributed by atoms with Crippen LogP contribution in [0.4, 0.5) is 4.39 Å². The van der Waals surface area contributed by atoms with Crippen molar-refractivity contribution in [3.8, 4) is 11.4 Å². The highest BCUT2D eigenvalue weighted by Gasteiger charge is 2.30. The summed E-state index contributed by atoms with van der Waals surface area (Å²) in [5.74, 6) is 0.704. The average Bonchev–Trinajstić information content (AvgIpc) is 3.38. The quantitative estimate of drug-likeness (QED) is 0.339. The second-order valence-electron chi connectivity index (χ2n) is 9.26. The van der Waals surface area contributed by atoms with E-state index in [0.717, 1.165) is 30.5 Å². The average molecular weight is 485 g/mol. The molecule has 0 saturated carbocycles. The van der Waals surface area contributed by atoms with Gasteiger partial charge in [0.15, 0.2) is 0 Å². The van der Waals surface area contributed by atoms with Gasteiger partial charge in [-0.3, -0.25) is 9.69 Å². The van der Waals surface area contributed by atoms with E-state index in [0.29, 0.717) is 43.5 Å². The Balaban J connectivity index is 1.26. The van der Waals surface area contributed by atoms with Gasteiger partial charge in [0, 0.05) is 25.2 Å². The summed E-state index contributed by atoms with van der Waals surface area (Å²) < 4.78 is 18.7. The Morgan fingerprint density at radius 2 is 1.58 bits per heavy atom. The second-order valence-corrected chi connectivity index (χ2v) is 9.26. The number of amides is 1. The van der Waals surface area contributed by atoms with Crippen molar-refractivity contribution >= 4 is 5.91 Å². The van der Waals surface area contributed by atoms with Crippen molar-refractivity contribution in [2.75, 3.05) is 13.1 Å². The molecule has 1 amide bonds. The SMILES string of the molecule is O=C(C1CCCN(Cc2nc(-c3ccc(F)cc3)no2)C1)N(Cc1ccccc1)Cc1ccccc1. The number of carbonyl (C=O) groups is 1. The molecule has 0 spiro atoms. The molecule has 36 heavy (non-hydrogen) atoms. The van der Waals surface area contributed by atoms with Crippen LogP contribution in [0.25, 0.3) is 11.4 Å². The summed E-state index contributed by atoms with van der Waals surface area (Å²) in [5.41, 5.74) is 2.94. The van der Waals surface area contributed by atoms with Gasteiger partial charge in [0.1, 0.15) is 5.82 Å². The van der Waals surface area contributed by atoms with Crippen LogP contribution < -0.4 is 0 Å². The molecule has 4 aromatic rings. The zero-order valence-corrected chi connectivity index (χ0v) is 20.1. The molecule has 0 bridgehead atoms. The fourth-order valence-electron chi connectivity index (χ4n) is 4.70. The number of hydrogen-bond donors (Lipinski definition) is 0. The van der Waals surface area contributed by atoms with Gasteiger partial charge in [-0.2, -0.15) is 4.98 Å². The number of piperidine rings is 1. The predicted molar refractivity (Wildman–Crippen MR) is 135 cm³/mol. The van der Waals surface area contributed by atoms with Crippen LogP contribution in [0.3, 0.4) is 0 Å². The second kappa shape index (κ2) is 11.3. The normalized spacial score (nSPS) is 16.1. The maximum Gasteiger partial charge on any atom is 0.241 e. The molecule has 1 fully saturated rings. The topological polar surface area (TPSA) is 62.5 Å². The van der Waals surface area contributed by atoms with Crippen LogP contribution >= 0.6 is 0 Å². The number of aromatic nitrogens is 2. The number of likely N-dealkylation sites (tertiary alicyclic amines) is 1. The lowest BCUT2D eigenvalue weighted by molar-refractivity contribution is -0.138. The Morgan fingerprint density at radius 1 is 0.944 bits per heavy atom. The minimum atomic E-state index is -0.305. The molecule has 184 valence electrons. The van der Waals surface area contributed by atoms with E-state index >= 15 is 0 Å². The lowest BCUT2D eigenvalue weighted by Crippen LogP contribution is -2.44. The van der Waals surface area contributed by atoms with Gasteiger partial charge < -0.3 is 9.42 Å². The Hall–Kier alpha value is -3.84. The van der Waals surface area contributed by atoms with E-state index in [1.165, 1.54) is 12.1 Å². The third-order valence-electron chi connectivity index (χ3n) is 6.53. The van der Waals surface area contributed by atoms with Crippen molar-refractivity contribution in [1.29, 1.82) is 0 Å². The fraction of sp³-hybridized carbons (Fsp3) is 0.276. The Labute approximate surface area is 210 Å². The van der Waals surface area contributed by atoms with Crippen molar-refractivity contribution in [3.63, 3.8) is 0 Å². The number of nitrogens with zero attached hydrogens (tertiary/aromatic N) is 4. The first-order valence-corrected chi connectivity index (χ1v) is 12.3. The van der Waals surface area contributed by atoms with Gasteiger partial charge in [-0.05, 0) is 54.8 Å². The molecule has 7 heteroatoms. The fourth-order valence-corrected chi connectivity index (χ4v) is 4.70. The monoisotopic (exact) mass is 484 g/mol. The Kier molecular flexibility index (Phi) is 7.47. The molecule has 5 rings (SSSR count). The van der Waals surface area contributed by atoms with Gasteiger partial charge in [0.05, 0.1) is 12.5 Å². The highest BCUT2D eigenvalue weighted by atomic mass is 19.1. The molecule has 3 aromatic carbocycles. The summed E-state index contributed by atoms with van der Waals surface area (Å²) >= 11 is 0. The first kappa shape index (κ1) is 23.9. The van der Waals surface area contributed by atoms with E-state index in [1.807, 2.05) is 41.3 Å². The van der Waals surface area contributed by atoms with Crippen molar-refractivity contribution in [3.05, 3.63) is 108 Å². The molecule has 0 N–H and O–H groups in total. The standard InChI is InChI=1S/C29H29FN4O2/c30-26-15-13-24(14-16-26)28-31-27(36-32-28)21-33-17-7-12-25(20-33)29(35)34(18-22-8-3-1-4-9-22)19-23-10-5-2-6-11-23/h1-6,8-11,13-16,25H,7,12,17-21H2. The minimum Gasteiger partial charge on any atom is -0.338 e. The molecule has 1 atom stereocenters.